The Morgan fingerprint density at radius 2 is 2.06 bits per heavy atom. The number of likely N-dealkylation sites (tertiary alicyclic amines) is 1. The van der Waals surface area contributed by atoms with Crippen molar-refractivity contribution in [1.82, 2.24) is 4.90 Å². The summed E-state index contributed by atoms with van der Waals surface area (Å²) < 4.78 is 0. The third-order valence-corrected chi connectivity index (χ3v) is 4.18. The van der Waals surface area contributed by atoms with Gasteiger partial charge in [-0.25, -0.2) is 0 Å². The summed E-state index contributed by atoms with van der Waals surface area (Å²) in [4.78, 5) is 3.87. The second-order valence-electron chi connectivity index (χ2n) is 5.02. The van der Waals surface area contributed by atoms with E-state index in [4.69, 9.17) is 5.73 Å². The van der Waals surface area contributed by atoms with Gasteiger partial charge in [-0.15, -0.1) is 11.8 Å². The van der Waals surface area contributed by atoms with Crippen molar-refractivity contribution in [3.8, 4) is 0 Å². The molecular formula is C14H22N2S. The minimum absolute atomic E-state index is 0.375. The zero-order chi connectivity index (χ0) is 12.1. The summed E-state index contributed by atoms with van der Waals surface area (Å²) in [5, 5.41) is 0. The lowest BCUT2D eigenvalue weighted by atomic mass is 9.97. The van der Waals surface area contributed by atoms with Crippen LogP contribution in [0.3, 0.4) is 0 Å². The molecule has 0 amide bonds. The normalized spacial score (nSPS) is 26.0. The van der Waals surface area contributed by atoms with E-state index in [0.29, 0.717) is 6.04 Å². The first-order chi connectivity index (χ1) is 8.24. The van der Waals surface area contributed by atoms with E-state index in [2.05, 4.69) is 42.2 Å². The van der Waals surface area contributed by atoms with Crippen molar-refractivity contribution in [3.05, 3.63) is 30.3 Å². The Bertz CT molecular complexity index is 318. The Morgan fingerprint density at radius 3 is 2.76 bits per heavy atom. The molecule has 2 atom stereocenters. The van der Waals surface area contributed by atoms with Crippen LogP contribution in [0.4, 0.5) is 0 Å². The highest BCUT2D eigenvalue weighted by Gasteiger charge is 2.21. The van der Waals surface area contributed by atoms with Crippen molar-refractivity contribution in [3.63, 3.8) is 0 Å². The first kappa shape index (κ1) is 12.9. The summed E-state index contributed by atoms with van der Waals surface area (Å²) in [5.74, 6) is 1.91. The standard InChI is InChI=1S/C14H22N2S/c1-12-9-13(15)11-16(10-12)7-8-17-14-5-3-2-4-6-14/h2-6,12-13H,7-11,15H2,1H3. The maximum Gasteiger partial charge on any atom is 0.0170 e. The molecule has 1 aliphatic rings. The van der Waals surface area contributed by atoms with Crippen molar-refractivity contribution >= 4 is 11.8 Å². The van der Waals surface area contributed by atoms with Crippen LogP contribution >= 0.6 is 11.8 Å². The van der Waals surface area contributed by atoms with E-state index in [-0.39, 0.29) is 0 Å². The lowest BCUT2D eigenvalue weighted by molar-refractivity contribution is 0.174. The van der Waals surface area contributed by atoms with Crippen LogP contribution in [-0.4, -0.2) is 36.3 Å². The van der Waals surface area contributed by atoms with Crippen LogP contribution in [0.1, 0.15) is 13.3 Å². The van der Waals surface area contributed by atoms with E-state index in [0.717, 1.165) is 24.8 Å². The molecule has 0 spiro atoms. The van der Waals surface area contributed by atoms with E-state index in [1.807, 2.05) is 11.8 Å². The highest BCUT2D eigenvalue weighted by Crippen LogP contribution is 2.19. The fraction of sp³-hybridized carbons (Fsp3) is 0.571. The number of hydrogen-bond donors (Lipinski definition) is 1. The van der Waals surface area contributed by atoms with Crippen LogP contribution in [0.25, 0.3) is 0 Å². The molecule has 2 unspecified atom stereocenters. The number of thioether (sulfide) groups is 1. The van der Waals surface area contributed by atoms with Gasteiger partial charge in [0, 0.05) is 36.3 Å². The predicted octanol–water partition coefficient (Wildman–Crippen LogP) is 2.45. The third kappa shape index (κ3) is 4.34. The van der Waals surface area contributed by atoms with Gasteiger partial charge in [0.25, 0.3) is 0 Å². The second kappa shape index (κ2) is 6.43. The van der Waals surface area contributed by atoms with Crippen molar-refractivity contribution in [2.45, 2.75) is 24.3 Å². The van der Waals surface area contributed by atoms with E-state index < -0.39 is 0 Å². The van der Waals surface area contributed by atoms with Crippen LogP contribution < -0.4 is 5.73 Å². The SMILES string of the molecule is CC1CC(N)CN(CCSc2ccccc2)C1. The highest BCUT2D eigenvalue weighted by molar-refractivity contribution is 7.99. The van der Waals surface area contributed by atoms with Gasteiger partial charge >= 0.3 is 0 Å². The molecule has 1 aliphatic heterocycles. The molecule has 1 saturated heterocycles. The Balaban J connectivity index is 1.71. The Hall–Kier alpha value is -0.510. The maximum absolute atomic E-state index is 6.05. The molecule has 0 aromatic heterocycles. The minimum atomic E-state index is 0.375. The molecule has 1 heterocycles. The summed E-state index contributed by atoms with van der Waals surface area (Å²) in [7, 11) is 0. The molecule has 17 heavy (non-hydrogen) atoms. The molecule has 2 N–H and O–H groups in total. The van der Waals surface area contributed by atoms with Gasteiger partial charge in [0.15, 0.2) is 0 Å². The van der Waals surface area contributed by atoms with E-state index in [1.54, 1.807) is 0 Å². The Labute approximate surface area is 109 Å². The quantitative estimate of drug-likeness (QED) is 0.832. The molecule has 1 fully saturated rings. The number of benzene rings is 1. The molecule has 1 aromatic carbocycles. The number of rotatable bonds is 4. The number of piperidine rings is 1. The van der Waals surface area contributed by atoms with Crippen LogP contribution in [0.2, 0.25) is 0 Å². The van der Waals surface area contributed by atoms with Crippen molar-refractivity contribution in [2.24, 2.45) is 11.7 Å². The average Bonchev–Trinajstić information content (AvgIpc) is 2.29. The molecular weight excluding hydrogens is 228 g/mol. The molecule has 3 heteroatoms. The summed E-state index contributed by atoms with van der Waals surface area (Å²) in [5.41, 5.74) is 6.05. The van der Waals surface area contributed by atoms with E-state index in [9.17, 15) is 0 Å². The van der Waals surface area contributed by atoms with Crippen LogP contribution in [0.15, 0.2) is 35.2 Å². The van der Waals surface area contributed by atoms with E-state index >= 15 is 0 Å². The molecule has 1 aromatic rings. The fourth-order valence-electron chi connectivity index (χ4n) is 2.50. The minimum Gasteiger partial charge on any atom is -0.327 e. The zero-order valence-electron chi connectivity index (χ0n) is 10.5. The molecule has 0 bridgehead atoms. The first-order valence-corrected chi connectivity index (χ1v) is 7.38. The maximum atomic E-state index is 6.05. The smallest absolute Gasteiger partial charge is 0.0170 e. The van der Waals surface area contributed by atoms with Gasteiger partial charge in [-0.05, 0) is 24.5 Å². The Kier molecular flexibility index (Phi) is 4.89. The zero-order valence-corrected chi connectivity index (χ0v) is 11.3. The Morgan fingerprint density at radius 1 is 1.29 bits per heavy atom. The second-order valence-corrected chi connectivity index (χ2v) is 6.19. The van der Waals surface area contributed by atoms with Crippen LogP contribution in [0, 0.1) is 5.92 Å². The van der Waals surface area contributed by atoms with E-state index in [1.165, 1.54) is 17.9 Å². The van der Waals surface area contributed by atoms with Gasteiger partial charge in [-0.3, -0.25) is 0 Å². The van der Waals surface area contributed by atoms with Crippen LogP contribution in [-0.2, 0) is 0 Å². The van der Waals surface area contributed by atoms with Crippen molar-refractivity contribution < 1.29 is 0 Å². The number of nitrogens with two attached hydrogens (primary N) is 1. The topological polar surface area (TPSA) is 29.3 Å². The third-order valence-electron chi connectivity index (χ3n) is 3.19. The largest absolute Gasteiger partial charge is 0.327 e. The number of nitrogens with zero attached hydrogens (tertiary/aromatic N) is 1. The van der Waals surface area contributed by atoms with Gasteiger partial charge in [0.2, 0.25) is 0 Å². The van der Waals surface area contributed by atoms with Gasteiger partial charge in [-0.1, -0.05) is 25.1 Å². The predicted molar refractivity (Wildman–Crippen MR) is 75.4 cm³/mol. The van der Waals surface area contributed by atoms with Gasteiger partial charge in [-0.2, -0.15) is 0 Å². The summed E-state index contributed by atoms with van der Waals surface area (Å²) in [6.07, 6.45) is 1.18. The number of hydrogen-bond acceptors (Lipinski definition) is 3. The summed E-state index contributed by atoms with van der Waals surface area (Å²) in [6.45, 7) is 5.73. The lowest BCUT2D eigenvalue weighted by Gasteiger charge is -2.34. The van der Waals surface area contributed by atoms with Crippen LogP contribution in [0.5, 0.6) is 0 Å². The first-order valence-electron chi connectivity index (χ1n) is 6.40. The summed E-state index contributed by atoms with van der Waals surface area (Å²) in [6, 6.07) is 11.0. The molecule has 2 nitrogen and oxygen atoms in total. The van der Waals surface area contributed by atoms with Crippen molar-refractivity contribution in [2.75, 3.05) is 25.4 Å². The lowest BCUT2D eigenvalue weighted by Crippen LogP contribution is -2.46. The molecule has 0 aliphatic carbocycles. The molecule has 0 radical (unpaired) electrons. The average molecular weight is 250 g/mol. The van der Waals surface area contributed by atoms with Gasteiger partial charge in [0.05, 0.1) is 0 Å². The fourth-order valence-corrected chi connectivity index (χ4v) is 3.44. The summed E-state index contributed by atoms with van der Waals surface area (Å²) >= 11 is 1.93. The molecule has 94 valence electrons. The van der Waals surface area contributed by atoms with Gasteiger partial charge < -0.3 is 10.6 Å². The highest BCUT2D eigenvalue weighted by atomic mass is 32.2. The van der Waals surface area contributed by atoms with Gasteiger partial charge in [0.1, 0.15) is 0 Å². The molecule has 2 rings (SSSR count). The monoisotopic (exact) mass is 250 g/mol. The van der Waals surface area contributed by atoms with Crippen molar-refractivity contribution in [1.29, 1.82) is 0 Å². The molecule has 0 saturated carbocycles.